The lowest BCUT2D eigenvalue weighted by molar-refractivity contribution is 0.185. The van der Waals surface area contributed by atoms with E-state index >= 15 is 0 Å². The van der Waals surface area contributed by atoms with E-state index in [-0.39, 0.29) is 0 Å². The van der Waals surface area contributed by atoms with Crippen LogP contribution in [0.1, 0.15) is 30.1 Å². The highest BCUT2D eigenvalue weighted by Crippen LogP contribution is 2.41. The maximum atomic E-state index is 6.05. The number of nitrogens with two attached hydrogens (primary N) is 2. The summed E-state index contributed by atoms with van der Waals surface area (Å²) in [6.07, 6.45) is 2.31. The monoisotopic (exact) mass is 258 g/mol. The molecule has 1 aromatic carbocycles. The van der Waals surface area contributed by atoms with Gasteiger partial charge in [0.25, 0.3) is 0 Å². The molecule has 1 saturated carbocycles. The number of nitrogen functional groups attached to an aromatic ring is 2. The molecule has 0 amide bonds. The van der Waals surface area contributed by atoms with Crippen molar-refractivity contribution in [1.29, 1.82) is 0 Å². The zero-order chi connectivity index (χ0) is 13.4. The average Bonchev–Trinajstić information content (AvgIpc) is 3.21. The predicted octanol–water partition coefficient (Wildman–Crippen LogP) is 1.87. The number of anilines is 1. The highest BCUT2D eigenvalue weighted by Gasteiger charge is 2.30. The van der Waals surface area contributed by atoms with Crippen LogP contribution in [-0.2, 0) is 11.3 Å². The van der Waals surface area contributed by atoms with Crippen LogP contribution in [0.2, 0.25) is 0 Å². The lowest BCUT2D eigenvalue weighted by Gasteiger charge is -2.03. The normalized spacial score (nSPS) is 14.8. The Labute approximate surface area is 112 Å². The van der Waals surface area contributed by atoms with E-state index in [9.17, 15) is 0 Å². The summed E-state index contributed by atoms with van der Waals surface area (Å²) in [5.74, 6) is 7.87. The molecule has 1 fully saturated rings. The van der Waals surface area contributed by atoms with E-state index in [1.807, 2.05) is 24.3 Å². The van der Waals surface area contributed by atoms with Crippen LogP contribution < -0.4 is 11.6 Å². The number of hydrogen-bond acceptors (Lipinski definition) is 4. The zero-order valence-electron chi connectivity index (χ0n) is 11.0. The van der Waals surface area contributed by atoms with Gasteiger partial charge in [-0.1, -0.05) is 24.3 Å². The maximum Gasteiger partial charge on any atom is 0.150 e. The highest BCUT2D eigenvalue weighted by atomic mass is 16.5. The Morgan fingerprint density at radius 2 is 2.00 bits per heavy atom. The van der Waals surface area contributed by atoms with E-state index < -0.39 is 0 Å². The molecule has 2 aromatic rings. The number of hydrogen-bond donors (Lipinski definition) is 2. The van der Waals surface area contributed by atoms with Gasteiger partial charge in [0.05, 0.1) is 6.61 Å². The Hall–Kier alpha value is -2.01. The van der Waals surface area contributed by atoms with Gasteiger partial charge < -0.3 is 16.3 Å². The molecule has 0 aliphatic heterocycles. The molecule has 0 atom stereocenters. The summed E-state index contributed by atoms with van der Waals surface area (Å²) in [7, 11) is 1.68. The summed E-state index contributed by atoms with van der Waals surface area (Å²) in [5, 5.41) is 0. The molecule has 0 bridgehead atoms. The number of methoxy groups -OCH3 is 1. The SMILES string of the molecule is COCc1ccc(-c2nc(C3CC3)n(N)c2N)cc1. The third kappa shape index (κ3) is 2.17. The van der Waals surface area contributed by atoms with Gasteiger partial charge in [0, 0.05) is 18.6 Å². The molecule has 5 nitrogen and oxygen atoms in total. The first kappa shape index (κ1) is 12.0. The van der Waals surface area contributed by atoms with E-state index in [4.69, 9.17) is 16.3 Å². The lowest BCUT2D eigenvalue weighted by Crippen LogP contribution is -2.14. The van der Waals surface area contributed by atoms with E-state index in [0.29, 0.717) is 18.3 Å². The number of rotatable bonds is 4. The van der Waals surface area contributed by atoms with Crippen molar-refractivity contribution < 1.29 is 4.74 Å². The molecule has 19 heavy (non-hydrogen) atoms. The second kappa shape index (κ2) is 4.59. The minimum Gasteiger partial charge on any atom is -0.382 e. The number of benzene rings is 1. The summed E-state index contributed by atoms with van der Waals surface area (Å²) in [4.78, 5) is 4.60. The Kier molecular flexibility index (Phi) is 2.91. The van der Waals surface area contributed by atoms with Gasteiger partial charge in [-0.05, 0) is 18.4 Å². The smallest absolute Gasteiger partial charge is 0.150 e. The molecular weight excluding hydrogens is 240 g/mol. The van der Waals surface area contributed by atoms with Gasteiger partial charge >= 0.3 is 0 Å². The summed E-state index contributed by atoms with van der Waals surface area (Å²) in [6.45, 7) is 0.606. The summed E-state index contributed by atoms with van der Waals surface area (Å²) < 4.78 is 6.62. The van der Waals surface area contributed by atoms with Gasteiger partial charge in [-0.3, -0.25) is 0 Å². The number of ether oxygens (including phenoxy) is 1. The van der Waals surface area contributed by atoms with Crippen molar-refractivity contribution in [1.82, 2.24) is 9.66 Å². The van der Waals surface area contributed by atoms with Gasteiger partial charge in [0.15, 0.2) is 5.82 Å². The Morgan fingerprint density at radius 1 is 1.32 bits per heavy atom. The zero-order valence-corrected chi connectivity index (χ0v) is 11.0. The molecule has 0 unspecified atom stereocenters. The predicted molar refractivity (Wildman–Crippen MR) is 74.9 cm³/mol. The molecule has 1 aliphatic rings. The van der Waals surface area contributed by atoms with Crippen molar-refractivity contribution >= 4 is 5.82 Å². The first-order valence-corrected chi connectivity index (χ1v) is 6.42. The third-order valence-electron chi connectivity index (χ3n) is 3.46. The van der Waals surface area contributed by atoms with Crippen molar-refractivity contribution in [3.05, 3.63) is 35.7 Å². The van der Waals surface area contributed by atoms with Gasteiger partial charge in [-0.15, -0.1) is 0 Å². The molecule has 0 saturated heterocycles. The molecular formula is C14H18N4O. The van der Waals surface area contributed by atoms with Crippen LogP contribution in [0, 0.1) is 0 Å². The molecule has 1 aromatic heterocycles. The van der Waals surface area contributed by atoms with Crippen LogP contribution in [-0.4, -0.2) is 16.8 Å². The minimum absolute atomic E-state index is 0.480. The van der Waals surface area contributed by atoms with Crippen molar-refractivity contribution in [2.75, 3.05) is 18.7 Å². The fraction of sp³-hybridized carbons (Fsp3) is 0.357. The van der Waals surface area contributed by atoms with E-state index in [1.54, 1.807) is 7.11 Å². The van der Waals surface area contributed by atoms with Gasteiger partial charge in [0.1, 0.15) is 11.5 Å². The van der Waals surface area contributed by atoms with Crippen molar-refractivity contribution in [2.24, 2.45) is 0 Å². The number of nitrogens with zero attached hydrogens (tertiary/aromatic N) is 2. The fourth-order valence-electron chi connectivity index (χ4n) is 2.23. The average molecular weight is 258 g/mol. The van der Waals surface area contributed by atoms with E-state index in [0.717, 1.165) is 35.5 Å². The standard InChI is InChI=1S/C14H18N4O/c1-19-8-9-2-4-10(5-3-9)12-13(15)18(16)14(17-12)11-6-7-11/h2-5,11H,6-8,15-16H2,1H3. The highest BCUT2D eigenvalue weighted by molar-refractivity contribution is 5.71. The van der Waals surface area contributed by atoms with Gasteiger partial charge in [0.2, 0.25) is 0 Å². The molecule has 0 radical (unpaired) electrons. The van der Waals surface area contributed by atoms with Crippen molar-refractivity contribution in [3.8, 4) is 11.3 Å². The summed E-state index contributed by atoms with van der Waals surface area (Å²) in [5.41, 5.74) is 8.93. The maximum absolute atomic E-state index is 6.05. The van der Waals surface area contributed by atoms with Crippen LogP contribution in [0.3, 0.4) is 0 Å². The topological polar surface area (TPSA) is 79.1 Å². The molecule has 1 heterocycles. The summed E-state index contributed by atoms with van der Waals surface area (Å²) >= 11 is 0. The first-order valence-electron chi connectivity index (χ1n) is 6.42. The van der Waals surface area contributed by atoms with Crippen LogP contribution in [0.25, 0.3) is 11.3 Å². The first-order chi connectivity index (χ1) is 9.20. The van der Waals surface area contributed by atoms with Crippen LogP contribution in [0.5, 0.6) is 0 Å². The molecule has 4 N–H and O–H groups in total. The molecule has 5 heteroatoms. The largest absolute Gasteiger partial charge is 0.382 e. The van der Waals surface area contributed by atoms with Gasteiger partial charge in [-0.2, -0.15) is 0 Å². The number of aromatic nitrogens is 2. The molecule has 3 rings (SSSR count). The Balaban J connectivity index is 1.94. The van der Waals surface area contributed by atoms with Crippen LogP contribution in [0.15, 0.2) is 24.3 Å². The van der Waals surface area contributed by atoms with E-state index in [1.165, 1.54) is 4.68 Å². The number of imidazole rings is 1. The quantitative estimate of drug-likeness (QED) is 0.820. The third-order valence-corrected chi connectivity index (χ3v) is 3.46. The molecule has 0 spiro atoms. The van der Waals surface area contributed by atoms with Crippen LogP contribution >= 0.6 is 0 Å². The van der Waals surface area contributed by atoms with Crippen molar-refractivity contribution in [2.45, 2.75) is 25.4 Å². The van der Waals surface area contributed by atoms with Crippen molar-refractivity contribution in [3.63, 3.8) is 0 Å². The Morgan fingerprint density at radius 3 is 2.58 bits per heavy atom. The van der Waals surface area contributed by atoms with Crippen LogP contribution in [0.4, 0.5) is 5.82 Å². The second-order valence-electron chi connectivity index (χ2n) is 4.98. The summed E-state index contributed by atoms with van der Waals surface area (Å²) in [6, 6.07) is 8.04. The second-order valence-corrected chi connectivity index (χ2v) is 4.98. The molecule has 1 aliphatic carbocycles. The fourth-order valence-corrected chi connectivity index (χ4v) is 2.23. The van der Waals surface area contributed by atoms with E-state index in [2.05, 4.69) is 4.98 Å². The minimum atomic E-state index is 0.480. The lowest BCUT2D eigenvalue weighted by atomic mass is 10.1. The molecule has 100 valence electrons. The Bertz CT molecular complexity index is 584. The van der Waals surface area contributed by atoms with Gasteiger partial charge in [-0.25, -0.2) is 9.66 Å².